The molecule has 2 fully saturated rings. The second-order valence-electron chi connectivity index (χ2n) is 7.84. The van der Waals surface area contributed by atoms with Gasteiger partial charge in [-0.1, -0.05) is 35.4 Å². The number of aliphatic hydroxyl groups is 1. The third-order valence-corrected chi connectivity index (χ3v) is 6.01. The first-order valence-corrected chi connectivity index (χ1v) is 10.6. The van der Waals surface area contributed by atoms with Crippen LogP contribution in [0.1, 0.15) is 35.6 Å². The Morgan fingerprint density at radius 2 is 1.97 bits per heavy atom. The molecule has 0 aromatic heterocycles. The number of hydrogen-bond donors (Lipinski definition) is 1. The fraction of sp³-hybridized carbons (Fsp3) is 0.333. The molecule has 0 saturated carbocycles. The van der Waals surface area contributed by atoms with Gasteiger partial charge in [-0.05, 0) is 49.6 Å². The molecule has 0 spiro atoms. The quantitative estimate of drug-likeness (QED) is 0.426. The maximum Gasteiger partial charge on any atom is 0.295 e. The molecule has 2 heterocycles. The molecule has 0 radical (unpaired) electrons. The van der Waals surface area contributed by atoms with Crippen molar-refractivity contribution in [2.24, 2.45) is 0 Å². The van der Waals surface area contributed by atoms with Crippen molar-refractivity contribution in [1.29, 1.82) is 0 Å². The molecule has 1 amide bonds. The van der Waals surface area contributed by atoms with Gasteiger partial charge < -0.3 is 19.5 Å². The number of ketones is 1. The first-order chi connectivity index (χ1) is 14.9. The molecule has 2 atom stereocenters. The molecule has 0 bridgehead atoms. The highest BCUT2D eigenvalue weighted by molar-refractivity contribution is 6.46. The Balaban J connectivity index is 1.87. The molecule has 6 nitrogen and oxygen atoms in total. The van der Waals surface area contributed by atoms with E-state index in [-0.39, 0.29) is 24.0 Å². The molecule has 2 unspecified atom stereocenters. The van der Waals surface area contributed by atoms with Gasteiger partial charge in [0.15, 0.2) is 0 Å². The predicted molar refractivity (Wildman–Crippen MR) is 117 cm³/mol. The zero-order valence-electron chi connectivity index (χ0n) is 17.4. The third kappa shape index (κ3) is 4.05. The van der Waals surface area contributed by atoms with Crippen molar-refractivity contribution in [2.45, 2.75) is 31.9 Å². The Morgan fingerprint density at radius 3 is 2.61 bits per heavy atom. The van der Waals surface area contributed by atoms with Crippen LogP contribution in [0.15, 0.2) is 48.0 Å². The number of benzene rings is 2. The SMILES string of the molecule is COc1ccc(C)cc1/C(O)=C1\C(=O)C(=O)N(CC2CCCO2)C1c1ccc(Cl)cc1. The van der Waals surface area contributed by atoms with Gasteiger partial charge in [0.2, 0.25) is 0 Å². The number of aryl methyl sites for hydroxylation is 1. The van der Waals surface area contributed by atoms with Crippen LogP contribution in [-0.4, -0.2) is 48.1 Å². The zero-order chi connectivity index (χ0) is 22.1. The monoisotopic (exact) mass is 441 g/mol. The summed E-state index contributed by atoms with van der Waals surface area (Å²) in [7, 11) is 1.49. The number of nitrogens with zero attached hydrogens (tertiary/aromatic N) is 1. The van der Waals surface area contributed by atoms with Crippen molar-refractivity contribution in [3.8, 4) is 5.75 Å². The normalized spacial score (nSPS) is 22.9. The fourth-order valence-corrected chi connectivity index (χ4v) is 4.35. The van der Waals surface area contributed by atoms with Crippen LogP contribution in [0, 0.1) is 6.92 Å². The summed E-state index contributed by atoms with van der Waals surface area (Å²) >= 11 is 6.06. The number of hydrogen-bond acceptors (Lipinski definition) is 5. The molecule has 2 aromatic rings. The van der Waals surface area contributed by atoms with E-state index in [2.05, 4.69) is 0 Å². The number of ether oxygens (including phenoxy) is 2. The first-order valence-electron chi connectivity index (χ1n) is 10.2. The minimum atomic E-state index is -0.744. The van der Waals surface area contributed by atoms with Crippen LogP contribution >= 0.6 is 11.6 Å². The van der Waals surface area contributed by atoms with E-state index in [1.165, 1.54) is 12.0 Å². The number of likely N-dealkylation sites (tertiary alicyclic amines) is 1. The highest BCUT2D eigenvalue weighted by atomic mass is 35.5. The van der Waals surface area contributed by atoms with Crippen LogP contribution in [0.25, 0.3) is 5.76 Å². The predicted octanol–water partition coefficient (Wildman–Crippen LogP) is 4.26. The molecule has 0 aliphatic carbocycles. The summed E-state index contributed by atoms with van der Waals surface area (Å²) in [6, 6.07) is 11.5. The van der Waals surface area contributed by atoms with Crippen LogP contribution in [0.3, 0.4) is 0 Å². The molecular formula is C24H24ClNO5. The Bertz CT molecular complexity index is 1040. The number of methoxy groups -OCH3 is 1. The summed E-state index contributed by atoms with van der Waals surface area (Å²) in [5, 5.41) is 11.8. The largest absolute Gasteiger partial charge is 0.507 e. The second kappa shape index (κ2) is 8.73. The van der Waals surface area contributed by atoms with Gasteiger partial charge >= 0.3 is 0 Å². The summed E-state index contributed by atoms with van der Waals surface area (Å²) < 4.78 is 11.1. The van der Waals surface area contributed by atoms with E-state index in [0.29, 0.717) is 28.5 Å². The van der Waals surface area contributed by atoms with E-state index in [0.717, 1.165) is 18.4 Å². The highest BCUT2D eigenvalue weighted by Crippen LogP contribution is 2.41. The summed E-state index contributed by atoms with van der Waals surface area (Å²) in [5.74, 6) is -1.21. The van der Waals surface area contributed by atoms with Crippen LogP contribution in [0.2, 0.25) is 5.02 Å². The Kier molecular flexibility index (Phi) is 6.03. The minimum absolute atomic E-state index is 0.0363. The average molecular weight is 442 g/mol. The number of Topliss-reactive ketones (excluding diaryl/α,β-unsaturated/α-hetero) is 1. The van der Waals surface area contributed by atoms with E-state index < -0.39 is 17.7 Å². The smallest absolute Gasteiger partial charge is 0.295 e. The second-order valence-corrected chi connectivity index (χ2v) is 8.28. The maximum atomic E-state index is 13.1. The molecule has 7 heteroatoms. The number of carbonyl (C=O) groups excluding carboxylic acids is 2. The van der Waals surface area contributed by atoms with Gasteiger partial charge in [0, 0.05) is 18.2 Å². The summed E-state index contributed by atoms with van der Waals surface area (Å²) in [6.45, 7) is 2.79. The van der Waals surface area contributed by atoms with E-state index in [4.69, 9.17) is 21.1 Å². The van der Waals surface area contributed by atoms with E-state index in [1.54, 1.807) is 36.4 Å². The van der Waals surface area contributed by atoms with E-state index in [9.17, 15) is 14.7 Å². The molecule has 2 aromatic carbocycles. The van der Waals surface area contributed by atoms with Crippen LogP contribution in [0.4, 0.5) is 0 Å². The summed E-state index contributed by atoms with van der Waals surface area (Å²) in [5.41, 5.74) is 1.99. The molecule has 162 valence electrons. The van der Waals surface area contributed by atoms with Crippen molar-refractivity contribution < 1.29 is 24.2 Å². The molecule has 2 saturated heterocycles. The average Bonchev–Trinajstić information content (AvgIpc) is 3.36. The minimum Gasteiger partial charge on any atom is -0.507 e. The van der Waals surface area contributed by atoms with Crippen LogP contribution in [0.5, 0.6) is 5.75 Å². The zero-order valence-corrected chi connectivity index (χ0v) is 18.2. The fourth-order valence-electron chi connectivity index (χ4n) is 4.22. The topological polar surface area (TPSA) is 76.1 Å². The number of carbonyl (C=O) groups is 2. The molecule has 1 N–H and O–H groups in total. The molecule has 2 aliphatic heterocycles. The number of rotatable bonds is 5. The van der Waals surface area contributed by atoms with Crippen molar-refractivity contribution in [2.75, 3.05) is 20.3 Å². The number of halogens is 1. The van der Waals surface area contributed by atoms with Crippen molar-refractivity contribution in [1.82, 2.24) is 4.90 Å². The van der Waals surface area contributed by atoms with Crippen molar-refractivity contribution in [3.05, 3.63) is 69.8 Å². The molecule has 2 aliphatic rings. The van der Waals surface area contributed by atoms with Crippen molar-refractivity contribution >= 4 is 29.1 Å². The lowest BCUT2D eigenvalue weighted by Crippen LogP contribution is -2.36. The van der Waals surface area contributed by atoms with Gasteiger partial charge in [-0.3, -0.25) is 9.59 Å². The van der Waals surface area contributed by atoms with Crippen molar-refractivity contribution in [3.63, 3.8) is 0 Å². The van der Waals surface area contributed by atoms with Gasteiger partial charge in [0.1, 0.15) is 11.5 Å². The lowest BCUT2D eigenvalue weighted by atomic mass is 9.94. The first kappa shape index (κ1) is 21.4. The molecular weight excluding hydrogens is 418 g/mol. The van der Waals surface area contributed by atoms with Gasteiger partial charge in [0.05, 0.1) is 30.4 Å². The lowest BCUT2D eigenvalue weighted by molar-refractivity contribution is -0.140. The Hall–Kier alpha value is -2.83. The van der Waals surface area contributed by atoms with Crippen LogP contribution < -0.4 is 4.74 Å². The standard InChI is InChI=1S/C24H24ClNO5/c1-14-5-10-19(30-2)18(12-14)22(27)20-21(15-6-8-16(25)9-7-15)26(24(29)23(20)28)13-17-4-3-11-31-17/h5-10,12,17,21,27H,3-4,11,13H2,1-2H3/b22-20+. The van der Waals surface area contributed by atoms with Crippen LogP contribution in [-0.2, 0) is 14.3 Å². The molecule has 4 rings (SSSR count). The van der Waals surface area contributed by atoms with Gasteiger partial charge in [-0.2, -0.15) is 0 Å². The maximum absolute atomic E-state index is 13.1. The van der Waals surface area contributed by atoms with Gasteiger partial charge in [-0.15, -0.1) is 0 Å². The molecule has 31 heavy (non-hydrogen) atoms. The Labute approximate surface area is 186 Å². The Morgan fingerprint density at radius 1 is 1.23 bits per heavy atom. The number of aliphatic hydroxyl groups excluding tert-OH is 1. The highest BCUT2D eigenvalue weighted by Gasteiger charge is 2.47. The van der Waals surface area contributed by atoms with E-state index >= 15 is 0 Å². The lowest BCUT2D eigenvalue weighted by Gasteiger charge is -2.27. The third-order valence-electron chi connectivity index (χ3n) is 5.76. The number of amides is 1. The van der Waals surface area contributed by atoms with Gasteiger partial charge in [-0.25, -0.2) is 0 Å². The summed E-state index contributed by atoms with van der Waals surface area (Å²) in [4.78, 5) is 27.6. The summed E-state index contributed by atoms with van der Waals surface area (Å²) in [6.07, 6.45) is 1.60. The van der Waals surface area contributed by atoms with E-state index in [1.807, 2.05) is 13.0 Å². The van der Waals surface area contributed by atoms with Gasteiger partial charge in [0.25, 0.3) is 11.7 Å².